The Kier molecular flexibility index (Phi) is 5.03. The molecule has 1 fully saturated rings. The summed E-state index contributed by atoms with van der Waals surface area (Å²) in [4.78, 5) is 27.1. The van der Waals surface area contributed by atoms with Crippen molar-refractivity contribution in [2.75, 3.05) is 31.1 Å². The van der Waals surface area contributed by atoms with Crippen molar-refractivity contribution in [3.05, 3.63) is 77.9 Å². The van der Waals surface area contributed by atoms with E-state index in [1.807, 2.05) is 64.9 Å². The third-order valence-corrected chi connectivity index (χ3v) is 6.02. The van der Waals surface area contributed by atoms with Gasteiger partial charge in [-0.05, 0) is 35.7 Å². The molecule has 0 aliphatic carbocycles. The number of piperazine rings is 1. The number of hydrogen-bond acceptors (Lipinski definition) is 6. The monoisotopic (exact) mass is 416 g/mol. The minimum absolute atomic E-state index is 0.00968. The first kappa shape index (κ1) is 18.6. The lowest BCUT2D eigenvalue weighted by Gasteiger charge is -2.35. The predicted octanol–water partition coefficient (Wildman–Crippen LogP) is 4.45. The Labute approximate surface area is 178 Å². The molecule has 6 nitrogen and oxygen atoms in total. The minimum atomic E-state index is -0.00968. The summed E-state index contributed by atoms with van der Waals surface area (Å²) in [5.41, 5.74) is 0.581. The maximum atomic E-state index is 13.2. The third-order valence-electron chi connectivity index (χ3n) is 5.20. The molecule has 0 spiro atoms. The molecule has 0 unspecified atom stereocenters. The SMILES string of the molecule is O=C(c1ccccc1Oc1ccccc1)N1CCN(c2ncnc3sccc23)CC1. The average Bonchev–Trinajstić information content (AvgIpc) is 3.29. The van der Waals surface area contributed by atoms with Crippen LogP contribution in [0.15, 0.2) is 72.4 Å². The maximum Gasteiger partial charge on any atom is 0.257 e. The largest absolute Gasteiger partial charge is 0.457 e. The highest BCUT2D eigenvalue weighted by Crippen LogP contribution is 2.29. The Balaban J connectivity index is 1.31. The van der Waals surface area contributed by atoms with E-state index in [2.05, 4.69) is 20.9 Å². The van der Waals surface area contributed by atoms with Crippen molar-refractivity contribution in [2.24, 2.45) is 0 Å². The van der Waals surface area contributed by atoms with Crippen molar-refractivity contribution in [2.45, 2.75) is 0 Å². The van der Waals surface area contributed by atoms with Gasteiger partial charge in [-0.25, -0.2) is 9.97 Å². The molecule has 4 aromatic rings. The molecule has 3 heterocycles. The number of fused-ring (bicyclic) bond motifs is 1. The van der Waals surface area contributed by atoms with E-state index in [4.69, 9.17) is 4.74 Å². The van der Waals surface area contributed by atoms with Gasteiger partial charge in [-0.15, -0.1) is 11.3 Å². The first-order valence-corrected chi connectivity index (χ1v) is 10.7. The molecule has 1 amide bonds. The standard InChI is InChI=1S/C23H20N4O2S/c28-23(18-8-4-5-9-20(18)29-17-6-2-1-3-7-17)27-13-11-26(12-14-27)21-19-10-15-30-22(19)25-16-24-21/h1-10,15-16H,11-14H2. The Morgan fingerprint density at radius 2 is 1.67 bits per heavy atom. The van der Waals surface area contributed by atoms with Gasteiger partial charge in [-0.3, -0.25) is 4.79 Å². The van der Waals surface area contributed by atoms with Crippen molar-refractivity contribution in [1.29, 1.82) is 0 Å². The molecule has 1 aliphatic rings. The molecule has 0 atom stereocenters. The van der Waals surface area contributed by atoms with E-state index in [1.165, 1.54) is 0 Å². The number of ether oxygens (including phenoxy) is 1. The number of carbonyl (C=O) groups is 1. The van der Waals surface area contributed by atoms with Crippen molar-refractivity contribution in [3.63, 3.8) is 0 Å². The number of rotatable bonds is 4. The highest BCUT2D eigenvalue weighted by molar-refractivity contribution is 7.16. The first-order chi connectivity index (χ1) is 14.8. The molecule has 0 N–H and O–H groups in total. The van der Waals surface area contributed by atoms with Crippen LogP contribution in [-0.2, 0) is 0 Å². The van der Waals surface area contributed by atoms with E-state index in [-0.39, 0.29) is 5.91 Å². The van der Waals surface area contributed by atoms with Gasteiger partial charge >= 0.3 is 0 Å². The summed E-state index contributed by atoms with van der Waals surface area (Å²) in [5.74, 6) is 2.23. The fourth-order valence-electron chi connectivity index (χ4n) is 3.67. The Morgan fingerprint density at radius 3 is 2.50 bits per heavy atom. The summed E-state index contributed by atoms with van der Waals surface area (Å²) in [5, 5.41) is 3.11. The van der Waals surface area contributed by atoms with Crippen LogP contribution >= 0.6 is 11.3 Å². The lowest BCUT2D eigenvalue weighted by molar-refractivity contribution is 0.0744. The molecule has 1 aliphatic heterocycles. The molecule has 1 saturated heterocycles. The van der Waals surface area contributed by atoms with Crippen LogP contribution in [0.1, 0.15) is 10.4 Å². The fraction of sp³-hybridized carbons (Fsp3) is 0.174. The van der Waals surface area contributed by atoms with Gasteiger partial charge in [-0.1, -0.05) is 30.3 Å². The summed E-state index contributed by atoms with van der Waals surface area (Å²) < 4.78 is 5.98. The van der Waals surface area contributed by atoms with Crippen LogP contribution in [0.25, 0.3) is 10.2 Å². The second-order valence-electron chi connectivity index (χ2n) is 7.03. The van der Waals surface area contributed by atoms with E-state index >= 15 is 0 Å². The van der Waals surface area contributed by atoms with Crippen LogP contribution in [-0.4, -0.2) is 47.0 Å². The zero-order valence-corrected chi connectivity index (χ0v) is 17.1. The zero-order valence-electron chi connectivity index (χ0n) is 16.3. The Hall–Kier alpha value is -3.45. The number of aromatic nitrogens is 2. The molecule has 2 aromatic carbocycles. The number of carbonyl (C=O) groups excluding carboxylic acids is 1. The van der Waals surface area contributed by atoms with Crippen LogP contribution in [0.5, 0.6) is 11.5 Å². The summed E-state index contributed by atoms with van der Waals surface area (Å²) in [6.07, 6.45) is 1.61. The van der Waals surface area contributed by atoms with Crippen LogP contribution in [0, 0.1) is 0 Å². The van der Waals surface area contributed by atoms with Crippen molar-refractivity contribution >= 4 is 33.3 Å². The van der Waals surface area contributed by atoms with Gasteiger partial charge in [0.05, 0.1) is 10.9 Å². The van der Waals surface area contributed by atoms with Gasteiger partial charge in [0.2, 0.25) is 0 Å². The number of para-hydroxylation sites is 2. The zero-order chi connectivity index (χ0) is 20.3. The second kappa shape index (κ2) is 8.12. The van der Waals surface area contributed by atoms with E-state index in [1.54, 1.807) is 17.7 Å². The normalized spacial score (nSPS) is 14.1. The molecule has 0 radical (unpaired) electrons. The van der Waals surface area contributed by atoms with Gasteiger partial charge in [0, 0.05) is 26.2 Å². The maximum absolute atomic E-state index is 13.2. The van der Waals surface area contributed by atoms with Gasteiger partial charge in [0.15, 0.2) is 0 Å². The quantitative estimate of drug-likeness (QED) is 0.492. The lowest BCUT2D eigenvalue weighted by atomic mass is 10.1. The summed E-state index contributed by atoms with van der Waals surface area (Å²) in [7, 11) is 0. The first-order valence-electron chi connectivity index (χ1n) is 9.84. The molecule has 30 heavy (non-hydrogen) atoms. The van der Waals surface area contributed by atoms with Gasteiger partial charge < -0.3 is 14.5 Å². The average molecular weight is 417 g/mol. The van der Waals surface area contributed by atoms with Gasteiger partial charge in [-0.2, -0.15) is 0 Å². The Morgan fingerprint density at radius 1 is 0.900 bits per heavy atom. The molecule has 0 bridgehead atoms. The highest BCUT2D eigenvalue weighted by Gasteiger charge is 2.26. The number of thiophene rings is 1. The second-order valence-corrected chi connectivity index (χ2v) is 7.92. The summed E-state index contributed by atoms with van der Waals surface area (Å²) >= 11 is 1.61. The van der Waals surface area contributed by atoms with Gasteiger partial charge in [0.25, 0.3) is 5.91 Å². The van der Waals surface area contributed by atoms with Crippen LogP contribution in [0.3, 0.4) is 0 Å². The molecular weight excluding hydrogens is 396 g/mol. The van der Waals surface area contributed by atoms with E-state index < -0.39 is 0 Å². The fourth-order valence-corrected chi connectivity index (χ4v) is 4.40. The van der Waals surface area contributed by atoms with Crippen molar-refractivity contribution < 1.29 is 9.53 Å². The number of nitrogens with zero attached hydrogens (tertiary/aromatic N) is 4. The number of benzene rings is 2. The lowest BCUT2D eigenvalue weighted by Crippen LogP contribution is -2.49. The number of hydrogen-bond donors (Lipinski definition) is 0. The van der Waals surface area contributed by atoms with Crippen LogP contribution < -0.4 is 9.64 Å². The molecular formula is C23H20N4O2S. The predicted molar refractivity (Wildman–Crippen MR) is 118 cm³/mol. The molecule has 5 rings (SSSR count). The van der Waals surface area contributed by atoms with Crippen molar-refractivity contribution in [1.82, 2.24) is 14.9 Å². The summed E-state index contributed by atoms with van der Waals surface area (Å²) in [6, 6.07) is 19.0. The topological polar surface area (TPSA) is 58.6 Å². The molecule has 7 heteroatoms. The van der Waals surface area contributed by atoms with Crippen LogP contribution in [0.2, 0.25) is 0 Å². The number of amides is 1. The molecule has 150 valence electrons. The van der Waals surface area contributed by atoms with E-state index in [0.29, 0.717) is 30.2 Å². The summed E-state index contributed by atoms with van der Waals surface area (Å²) in [6.45, 7) is 2.73. The number of anilines is 1. The minimum Gasteiger partial charge on any atom is -0.457 e. The van der Waals surface area contributed by atoms with Gasteiger partial charge in [0.1, 0.15) is 28.5 Å². The van der Waals surface area contributed by atoms with Crippen LogP contribution in [0.4, 0.5) is 5.82 Å². The molecule has 2 aromatic heterocycles. The van der Waals surface area contributed by atoms with E-state index in [0.717, 1.165) is 29.1 Å². The molecule has 0 saturated carbocycles. The Bertz CT molecular complexity index is 1170. The third kappa shape index (κ3) is 3.59. The highest BCUT2D eigenvalue weighted by atomic mass is 32.1. The smallest absolute Gasteiger partial charge is 0.257 e. The van der Waals surface area contributed by atoms with E-state index in [9.17, 15) is 4.79 Å². The van der Waals surface area contributed by atoms with Crippen molar-refractivity contribution in [3.8, 4) is 11.5 Å².